The molecule has 0 radical (unpaired) electrons. The molecule has 1 fully saturated rings. The van der Waals surface area contributed by atoms with Crippen LogP contribution < -0.4 is 19.7 Å². The number of benzene rings is 2. The van der Waals surface area contributed by atoms with E-state index in [2.05, 4.69) is 43.2 Å². The van der Waals surface area contributed by atoms with Gasteiger partial charge in [-0.25, -0.2) is 14.2 Å². The van der Waals surface area contributed by atoms with Crippen molar-refractivity contribution in [3.8, 4) is 11.5 Å². The van der Waals surface area contributed by atoms with E-state index in [1.807, 2.05) is 58.0 Å². The van der Waals surface area contributed by atoms with Crippen LogP contribution in [0.1, 0.15) is 76.3 Å². The van der Waals surface area contributed by atoms with Crippen LogP contribution in [0.3, 0.4) is 0 Å². The fourth-order valence-electron chi connectivity index (χ4n) is 7.38. The van der Waals surface area contributed by atoms with E-state index in [-0.39, 0.29) is 11.2 Å². The number of carboxylic acids is 1. The Morgan fingerprint density at radius 3 is 2.46 bits per heavy atom. The molecular weight excluding hydrogens is 611 g/mol. The Labute approximate surface area is 283 Å². The fourth-order valence-corrected chi connectivity index (χ4v) is 7.38. The zero-order valence-electron chi connectivity index (χ0n) is 29.5. The molecule has 0 bridgehead atoms. The standard InChI is InChI=1S/C38H49FN4O5/c1-37(2,3)24-13-16-27(47-9)23(19-24)21-41-31-30(38(4,5)6)33(36(45)46)43(32(31)26-11-10-18-40-34(26)42(7)8)35(44)29-15-12-22-20-25(39)14-17-28(22)48-29/h10-11,13-14,16-20,29-33,41H,12,15,21H2,1-9H3,(H,45,46)/t29-,30+,31+,32+,33+/m1/s1. The van der Waals surface area contributed by atoms with Crippen LogP contribution in [0.4, 0.5) is 10.2 Å². The van der Waals surface area contributed by atoms with Crippen LogP contribution in [-0.4, -0.2) is 66.3 Å². The number of likely N-dealkylation sites (tertiary alicyclic amines) is 1. The zero-order chi connectivity index (χ0) is 35.1. The van der Waals surface area contributed by atoms with Crippen LogP contribution in [0, 0.1) is 17.2 Å². The minimum atomic E-state index is -1.17. The van der Waals surface area contributed by atoms with Gasteiger partial charge in [0.1, 0.15) is 29.2 Å². The number of ether oxygens (including phenoxy) is 2. The molecule has 2 aliphatic heterocycles. The third-order valence-corrected chi connectivity index (χ3v) is 9.65. The van der Waals surface area contributed by atoms with Gasteiger partial charge in [0.05, 0.1) is 13.2 Å². The molecule has 10 heteroatoms. The van der Waals surface area contributed by atoms with Crippen molar-refractivity contribution in [3.63, 3.8) is 0 Å². The highest BCUT2D eigenvalue weighted by atomic mass is 19.1. The van der Waals surface area contributed by atoms with Gasteiger partial charge in [0, 0.05) is 49.9 Å². The van der Waals surface area contributed by atoms with Crippen LogP contribution >= 0.6 is 0 Å². The average Bonchev–Trinajstić information content (AvgIpc) is 3.38. The Morgan fingerprint density at radius 2 is 1.83 bits per heavy atom. The number of carbonyl (C=O) groups is 2. The number of pyridine rings is 1. The Bertz CT molecular complexity index is 1660. The summed E-state index contributed by atoms with van der Waals surface area (Å²) in [5.74, 6) is -0.579. The number of hydrogen-bond donors (Lipinski definition) is 2. The van der Waals surface area contributed by atoms with E-state index in [1.54, 1.807) is 13.3 Å². The van der Waals surface area contributed by atoms with E-state index in [9.17, 15) is 19.1 Å². The molecule has 5 atom stereocenters. The Balaban J connectivity index is 1.65. The molecule has 9 nitrogen and oxygen atoms in total. The minimum absolute atomic E-state index is 0.0941. The second-order valence-electron chi connectivity index (χ2n) is 15.3. The number of nitrogens with one attached hydrogen (secondary N) is 1. The van der Waals surface area contributed by atoms with Crippen LogP contribution in [0.25, 0.3) is 0 Å². The first-order valence-electron chi connectivity index (χ1n) is 16.6. The lowest BCUT2D eigenvalue weighted by Crippen LogP contribution is -2.51. The van der Waals surface area contributed by atoms with Crippen molar-refractivity contribution in [2.75, 3.05) is 26.1 Å². The quantitative estimate of drug-likeness (QED) is 0.297. The van der Waals surface area contributed by atoms with Gasteiger partial charge in [-0.2, -0.15) is 0 Å². The molecule has 2 N–H and O–H groups in total. The van der Waals surface area contributed by atoms with Crippen molar-refractivity contribution in [1.82, 2.24) is 15.2 Å². The highest BCUT2D eigenvalue weighted by Gasteiger charge is 2.59. The van der Waals surface area contributed by atoms with Gasteiger partial charge >= 0.3 is 5.97 Å². The Morgan fingerprint density at radius 1 is 1.10 bits per heavy atom. The van der Waals surface area contributed by atoms with E-state index in [0.717, 1.165) is 22.4 Å². The van der Waals surface area contributed by atoms with Gasteiger partial charge in [0.2, 0.25) is 0 Å². The topological polar surface area (TPSA) is 104 Å². The van der Waals surface area contributed by atoms with Crippen LogP contribution in [0.2, 0.25) is 0 Å². The van der Waals surface area contributed by atoms with Gasteiger partial charge in [0.15, 0.2) is 6.10 Å². The van der Waals surface area contributed by atoms with Crippen molar-refractivity contribution < 1.29 is 28.6 Å². The molecule has 1 aromatic heterocycles. The number of methoxy groups -OCH3 is 1. The lowest BCUT2D eigenvalue weighted by molar-refractivity contribution is -0.155. The van der Waals surface area contributed by atoms with Crippen LogP contribution in [0.5, 0.6) is 11.5 Å². The Kier molecular flexibility index (Phi) is 9.79. The summed E-state index contributed by atoms with van der Waals surface area (Å²) in [5, 5.41) is 14.7. The predicted molar refractivity (Wildman–Crippen MR) is 184 cm³/mol. The summed E-state index contributed by atoms with van der Waals surface area (Å²) in [6.45, 7) is 12.9. The van der Waals surface area contributed by atoms with Crippen molar-refractivity contribution in [2.24, 2.45) is 11.3 Å². The number of aromatic nitrogens is 1. The van der Waals surface area contributed by atoms with Gasteiger partial charge in [-0.05, 0) is 65.1 Å². The van der Waals surface area contributed by atoms with Gasteiger partial charge in [0.25, 0.3) is 5.91 Å². The first-order valence-corrected chi connectivity index (χ1v) is 16.6. The molecule has 1 amide bonds. The fraction of sp³-hybridized carbons (Fsp3) is 0.500. The predicted octanol–water partition coefficient (Wildman–Crippen LogP) is 6.14. The molecule has 258 valence electrons. The molecule has 48 heavy (non-hydrogen) atoms. The van der Waals surface area contributed by atoms with E-state index in [1.165, 1.54) is 23.1 Å². The van der Waals surface area contributed by atoms with Crippen molar-refractivity contribution >= 4 is 17.7 Å². The van der Waals surface area contributed by atoms with Crippen LogP contribution in [-0.2, 0) is 28.0 Å². The van der Waals surface area contributed by atoms with E-state index in [4.69, 9.17) is 9.47 Å². The zero-order valence-corrected chi connectivity index (χ0v) is 29.5. The molecular formula is C38H49FN4O5. The van der Waals surface area contributed by atoms with Gasteiger partial charge in [-0.15, -0.1) is 0 Å². The highest BCUT2D eigenvalue weighted by Crippen LogP contribution is 2.50. The number of carbonyl (C=O) groups excluding carboxylic acids is 1. The molecule has 0 saturated carbocycles. The summed E-state index contributed by atoms with van der Waals surface area (Å²) in [5.41, 5.74) is 2.87. The number of anilines is 1. The molecule has 0 spiro atoms. The molecule has 2 aliphatic rings. The molecule has 0 aliphatic carbocycles. The van der Waals surface area contributed by atoms with E-state index < -0.39 is 47.4 Å². The lowest BCUT2D eigenvalue weighted by atomic mass is 9.72. The smallest absolute Gasteiger partial charge is 0.326 e. The largest absolute Gasteiger partial charge is 0.496 e. The van der Waals surface area contributed by atoms with Crippen molar-refractivity contribution in [1.29, 1.82) is 0 Å². The molecule has 3 aromatic rings. The first kappa shape index (κ1) is 35.1. The number of amides is 1. The lowest BCUT2D eigenvalue weighted by Gasteiger charge is -2.36. The molecule has 3 heterocycles. The maximum atomic E-state index is 14.8. The number of carboxylic acid groups (broad SMARTS) is 1. The summed E-state index contributed by atoms with van der Waals surface area (Å²) < 4.78 is 25.9. The second-order valence-corrected chi connectivity index (χ2v) is 15.3. The number of aliphatic carboxylic acids is 1. The van der Waals surface area contributed by atoms with Crippen molar-refractivity contribution in [2.45, 2.75) is 90.6 Å². The summed E-state index contributed by atoms with van der Waals surface area (Å²) >= 11 is 0. The van der Waals surface area contributed by atoms with E-state index in [0.29, 0.717) is 36.5 Å². The number of fused-ring (bicyclic) bond motifs is 1. The normalized spacial score (nSPS) is 22.5. The van der Waals surface area contributed by atoms with Crippen molar-refractivity contribution in [3.05, 3.63) is 82.8 Å². The third-order valence-electron chi connectivity index (χ3n) is 9.65. The van der Waals surface area contributed by atoms with Gasteiger partial charge in [-0.3, -0.25) is 4.79 Å². The van der Waals surface area contributed by atoms with Gasteiger partial charge < -0.3 is 29.7 Å². The van der Waals surface area contributed by atoms with Crippen LogP contribution in [0.15, 0.2) is 54.7 Å². The highest BCUT2D eigenvalue weighted by molar-refractivity contribution is 5.89. The summed E-state index contributed by atoms with van der Waals surface area (Å²) in [4.78, 5) is 36.3. The summed E-state index contributed by atoms with van der Waals surface area (Å²) in [6, 6.07) is 11.8. The third kappa shape index (κ3) is 6.86. The van der Waals surface area contributed by atoms with Gasteiger partial charge in [-0.1, -0.05) is 59.7 Å². The maximum absolute atomic E-state index is 14.8. The molecule has 1 saturated heterocycles. The SMILES string of the molecule is COc1ccc(C(C)(C)C)cc1CN[C@H]1[C@H](C(C)(C)C)[C@@H](C(=O)O)N(C(=O)[C@H]2CCc3cc(F)ccc3O2)[C@H]1c1cccnc1N(C)C. The number of aryl methyl sites for hydroxylation is 1. The molecule has 0 unspecified atom stereocenters. The number of hydrogen-bond acceptors (Lipinski definition) is 7. The first-order chi connectivity index (χ1) is 22.5. The molecule has 5 rings (SSSR count). The summed E-state index contributed by atoms with van der Waals surface area (Å²) in [7, 11) is 5.41. The number of rotatable bonds is 8. The number of halogens is 1. The Hall–Kier alpha value is -4.18. The molecule has 2 aromatic carbocycles. The second kappa shape index (κ2) is 13.4. The van der Waals surface area contributed by atoms with E-state index >= 15 is 0 Å². The number of nitrogens with zero attached hydrogens (tertiary/aromatic N) is 3. The maximum Gasteiger partial charge on any atom is 0.326 e. The average molecular weight is 661 g/mol. The monoisotopic (exact) mass is 660 g/mol. The summed E-state index contributed by atoms with van der Waals surface area (Å²) in [6.07, 6.45) is 1.49. The minimum Gasteiger partial charge on any atom is -0.496 e.